The summed E-state index contributed by atoms with van der Waals surface area (Å²) in [7, 11) is 0. The van der Waals surface area contributed by atoms with E-state index in [-0.39, 0.29) is 11.9 Å². The summed E-state index contributed by atoms with van der Waals surface area (Å²) < 4.78 is 5.34. The summed E-state index contributed by atoms with van der Waals surface area (Å²) in [5.41, 5.74) is 5.74. The predicted octanol–water partition coefficient (Wildman–Crippen LogP) is 1.24. The number of carbonyl (C=O) groups is 1. The number of nitrogens with zero attached hydrogens (tertiary/aromatic N) is 1. The number of nitrogens with two attached hydrogens (primary N) is 1. The van der Waals surface area contributed by atoms with E-state index in [1.807, 2.05) is 11.8 Å². The maximum absolute atomic E-state index is 12.2. The number of hydrogen-bond donors (Lipinski definition) is 1. The Labute approximate surface area is 104 Å². The maximum atomic E-state index is 12.2. The smallest absolute Gasteiger partial charge is 0.223 e. The van der Waals surface area contributed by atoms with E-state index < -0.39 is 0 Å². The number of amides is 1. The van der Waals surface area contributed by atoms with Gasteiger partial charge in [-0.05, 0) is 31.7 Å². The molecule has 100 valence electrons. The molecule has 1 saturated heterocycles. The molecule has 17 heavy (non-hydrogen) atoms. The molecule has 2 atom stereocenters. The molecule has 1 unspecified atom stereocenters. The minimum atomic E-state index is 0.203. The van der Waals surface area contributed by atoms with Crippen molar-refractivity contribution in [2.75, 3.05) is 26.3 Å². The van der Waals surface area contributed by atoms with E-state index >= 15 is 0 Å². The van der Waals surface area contributed by atoms with Crippen LogP contribution in [0.1, 0.15) is 33.6 Å². The lowest BCUT2D eigenvalue weighted by atomic mass is 9.93. The third kappa shape index (κ3) is 4.64. The van der Waals surface area contributed by atoms with E-state index in [2.05, 4.69) is 13.8 Å². The third-order valence-corrected chi connectivity index (χ3v) is 3.29. The van der Waals surface area contributed by atoms with E-state index in [0.29, 0.717) is 38.0 Å². The van der Waals surface area contributed by atoms with Crippen LogP contribution in [0.15, 0.2) is 0 Å². The quantitative estimate of drug-likeness (QED) is 0.789. The molecule has 4 heteroatoms. The normalized spacial score (nSPS) is 22.9. The highest BCUT2D eigenvalue weighted by Gasteiger charge is 2.25. The van der Waals surface area contributed by atoms with Gasteiger partial charge in [0.2, 0.25) is 5.91 Å². The molecular formula is C13H26N2O2. The zero-order chi connectivity index (χ0) is 12.8. The van der Waals surface area contributed by atoms with Crippen molar-refractivity contribution in [1.29, 1.82) is 0 Å². The molecule has 4 nitrogen and oxygen atoms in total. The highest BCUT2D eigenvalue weighted by atomic mass is 16.5. The van der Waals surface area contributed by atoms with Gasteiger partial charge in [0.25, 0.3) is 0 Å². The van der Waals surface area contributed by atoms with Crippen LogP contribution in [0.5, 0.6) is 0 Å². The molecule has 0 aromatic carbocycles. The monoisotopic (exact) mass is 242 g/mol. The highest BCUT2D eigenvalue weighted by molar-refractivity contribution is 5.76. The van der Waals surface area contributed by atoms with Crippen LogP contribution in [0.3, 0.4) is 0 Å². The first kappa shape index (κ1) is 14.5. The lowest BCUT2D eigenvalue weighted by molar-refractivity contribution is -0.140. The Hall–Kier alpha value is -0.610. The fraction of sp³-hybridized carbons (Fsp3) is 0.923. The van der Waals surface area contributed by atoms with E-state index in [1.54, 1.807) is 0 Å². The second-order valence-corrected chi connectivity index (χ2v) is 5.45. The molecule has 0 aliphatic carbocycles. The molecule has 0 aromatic rings. The third-order valence-electron chi connectivity index (χ3n) is 3.29. The molecule has 1 heterocycles. The van der Waals surface area contributed by atoms with Gasteiger partial charge in [0, 0.05) is 13.0 Å². The number of hydrogen-bond acceptors (Lipinski definition) is 3. The molecule has 0 aromatic heterocycles. The molecule has 1 fully saturated rings. The predicted molar refractivity (Wildman–Crippen MR) is 68.6 cm³/mol. The first-order chi connectivity index (χ1) is 8.04. The van der Waals surface area contributed by atoms with Crippen molar-refractivity contribution in [3.05, 3.63) is 0 Å². The Morgan fingerprint density at radius 3 is 2.76 bits per heavy atom. The topological polar surface area (TPSA) is 55.6 Å². The van der Waals surface area contributed by atoms with Gasteiger partial charge in [-0.3, -0.25) is 4.79 Å². The Balaban J connectivity index is 2.45. The van der Waals surface area contributed by atoms with Gasteiger partial charge in [-0.1, -0.05) is 13.8 Å². The first-order valence-electron chi connectivity index (χ1n) is 6.61. The van der Waals surface area contributed by atoms with E-state index in [9.17, 15) is 4.79 Å². The SMILES string of the molecule is CC(C)C[C@H](CN)CC(=O)N1CCOCC1C. The van der Waals surface area contributed by atoms with Gasteiger partial charge in [-0.15, -0.1) is 0 Å². The van der Waals surface area contributed by atoms with E-state index in [0.717, 1.165) is 13.0 Å². The Kier molecular flexibility index (Phi) is 5.92. The molecule has 0 bridgehead atoms. The maximum Gasteiger partial charge on any atom is 0.223 e. The van der Waals surface area contributed by atoms with Crippen molar-refractivity contribution in [2.24, 2.45) is 17.6 Å². The van der Waals surface area contributed by atoms with Gasteiger partial charge >= 0.3 is 0 Å². The Morgan fingerprint density at radius 2 is 2.24 bits per heavy atom. The van der Waals surface area contributed by atoms with Crippen molar-refractivity contribution in [3.63, 3.8) is 0 Å². The van der Waals surface area contributed by atoms with Gasteiger partial charge in [-0.2, -0.15) is 0 Å². The summed E-state index contributed by atoms with van der Waals surface area (Å²) in [6.07, 6.45) is 1.61. The lowest BCUT2D eigenvalue weighted by Crippen LogP contribution is -2.47. The van der Waals surface area contributed by atoms with Crippen molar-refractivity contribution in [3.8, 4) is 0 Å². The van der Waals surface area contributed by atoms with Gasteiger partial charge in [0.05, 0.1) is 19.3 Å². The van der Waals surface area contributed by atoms with Crippen LogP contribution < -0.4 is 5.73 Å². The molecule has 0 saturated carbocycles. The Bertz CT molecular complexity index is 244. The van der Waals surface area contributed by atoms with Crippen LogP contribution >= 0.6 is 0 Å². The first-order valence-corrected chi connectivity index (χ1v) is 6.61. The van der Waals surface area contributed by atoms with Gasteiger partial charge in [0.1, 0.15) is 0 Å². The van der Waals surface area contributed by atoms with Gasteiger partial charge < -0.3 is 15.4 Å². The summed E-state index contributed by atoms with van der Waals surface area (Å²) in [4.78, 5) is 14.1. The summed E-state index contributed by atoms with van der Waals surface area (Å²) in [5.74, 6) is 1.15. The standard InChI is InChI=1S/C13H26N2O2/c1-10(2)6-12(8-14)7-13(16)15-4-5-17-9-11(15)3/h10-12H,4-9,14H2,1-3H3/t11?,12-/m0/s1. The van der Waals surface area contributed by atoms with Crippen LogP contribution in [0, 0.1) is 11.8 Å². The number of ether oxygens (including phenoxy) is 1. The lowest BCUT2D eigenvalue weighted by Gasteiger charge is -2.34. The minimum absolute atomic E-state index is 0.203. The summed E-state index contributed by atoms with van der Waals surface area (Å²) in [6, 6.07) is 0.203. The summed E-state index contributed by atoms with van der Waals surface area (Å²) in [5, 5.41) is 0. The number of rotatable bonds is 5. The van der Waals surface area contributed by atoms with Crippen LogP contribution in [0.25, 0.3) is 0 Å². The van der Waals surface area contributed by atoms with Crippen molar-refractivity contribution in [2.45, 2.75) is 39.7 Å². The molecule has 1 rings (SSSR count). The molecular weight excluding hydrogens is 216 g/mol. The van der Waals surface area contributed by atoms with Crippen molar-refractivity contribution >= 4 is 5.91 Å². The van der Waals surface area contributed by atoms with Crippen molar-refractivity contribution < 1.29 is 9.53 Å². The molecule has 0 spiro atoms. The number of carbonyl (C=O) groups excluding carboxylic acids is 1. The molecule has 1 aliphatic rings. The summed E-state index contributed by atoms with van der Waals surface area (Å²) in [6.45, 7) is 9.02. The molecule has 1 aliphatic heterocycles. The highest BCUT2D eigenvalue weighted by Crippen LogP contribution is 2.17. The second kappa shape index (κ2) is 6.97. The van der Waals surface area contributed by atoms with E-state index in [1.165, 1.54) is 0 Å². The van der Waals surface area contributed by atoms with Gasteiger partial charge in [-0.25, -0.2) is 0 Å². The van der Waals surface area contributed by atoms with Crippen LogP contribution in [0.4, 0.5) is 0 Å². The second-order valence-electron chi connectivity index (χ2n) is 5.45. The minimum Gasteiger partial charge on any atom is -0.377 e. The van der Waals surface area contributed by atoms with Crippen LogP contribution in [0.2, 0.25) is 0 Å². The molecule has 0 radical (unpaired) electrons. The zero-order valence-electron chi connectivity index (χ0n) is 11.3. The molecule has 2 N–H and O–H groups in total. The van der Waals surface area contributed by atoms with Crippen LogP contribution in [-0.4, -0.2) is 43.2 Å². The average Bonchev–Trinajstić information content (AvgIpc) is 2.27. The fourth-order valence-electron chi connectivity index (χ4n) is 2.39. The Morgan fingerprint density at radius 1 is 1.53 bits per heavy atom. The van der Waals surface area contributed by atoms with E-state index in [4.69, 9.17) is 10.5 Å². The van der Waals surface area contributed by atoms with Crippen molar-refractivity contribution in [1.82, 2.24) is 4.90 Å². The number of morpholine rings is 1. The van der Waals surface area contributed by atoms with Gasteiger partial charge in [0.15, 0.2) is 0 Å². The summed E-state index contributed by atoms with van der Waals surface area (Å²) >= 11 is 0. The largest absolute Gasteiger partial charge is 0.377 e. The van der Waals surface area contributed by atoms with Crippen LogP contribution in [-0.2, 0) is 9.53 Å². The average molecular weight is 242 g/mol. The zero-order valence-corrected chi connectivity index (χ0v) is 11.3. The molecule has 1 amide bonds. The fourth-order valence-corrected chi connectivity index (χ4v) is 2.39.